The number of carbonyl (C=O) groups is 1. The molecule has 4 nitrogen and oxygen atoms in total. The molecule has 1 amide bonds. The van der Waals surface area contributed by atoms with Crippen LogP contribution in [0.1, 0.15) is 12.5 Å². The van der Waals surface area contributed by atoms with Gasteiger partial charge in [0.15, 0.2) is 4.34 Å². The molecule has 1 aromatic heterocycles. The fourth-order valence-corrected chi connectivity index (χ4v) is 3.99. The Hall–Kier alpha value is -2.44. The van der Waals surface area contributed by atoms with Crippen LogP contribution in [0.25, 0.3) is 16.3 Å². The first kappa shape index (κ1) is 17.4. The maximum atomic E-state index is 11.9. The average Bonchev–Trinajstić information content (AvgIpc) is 3.04. The first-order valence-corrected chi connectivity index (χ1v) is 9.54. The molecule has 6 heteroatoms. The number of nitrogens with zero attached hydrogens (tertiary/aromatic N) is 2. The second-order valence-corrected chi connectivity index (χ2v) is 7.58. The Kier molecular flexibility index (Phi) is 5.98. The van der Waals surface area contributed by atoms with Crippen molar-refractivity contribution in [3.63, 3.8) is 0 Å². The summed E-state index contributed by atoms with van der Waals surface area (Å²) in [5.41, 5.74) is 5.58. The molecule has 0 saturated carbocycles. The van der Waals surface area contributed by atoms with Crippen molar-refractivity contribution in [1.82, 2.24) is 10.4 Å². The van der Waals surface area contributed by atoms with Gasteiger partial charge in [0.2, 0.25) is 0 Å². The van der Waals surface area contributed by atoms with Crippen LogP contribution in [-0.2, 0) is 4.79 Å². The van der Waals surface area contributed by atoms with E-state index >= 15 is 0 Å². The van der Waals surface area contributed by atoms with Gasteiger partial charge in [-0.2, -0.15) is 5.10 Å². The van der Waals surface area contributed by atoms with Crippen LogP contribution in [0.5, 0.6) is 0 Å². The van der Waals surface area contributed by atoms with E-state index in [9.17, 15) is 4.79 Å². The third-order valence-corrected chi connectivity index (χ3v) is 5.43. The Morgan fingerprint density at radius 1 is 1.20 bits per heavy atom. The zero-order valence-electron chi connectivity index (χ0n) is 13.7. The SMILES string of the molecule is C/C(C=NNC(=O)CSc1nc2ccccc2s1)=C/c1ccccc1. The highest BCUT2D eigenvalue weighted by molar-refractivity contribution is 8.01. The summed E-state index contributed by atoms with van der Waals surface area (Å²) in [5.74, 6) is 0.145. The van der Waals surface area contributed by atoms with Crippen LogP contribution >= 0.6 is 23.1 Å². The van der Waals surface area contributed by atoms with Crippen LogP contribution in [0.4, 0.5) is 0 Å². The third kappa shape index (κ3) is 5.27. The Labute approximate surface area is 154 Å². The lowest BCUT2D eigenvalue weighted by Gasteiger charge is -1.98. The summed E-state index contributed by atoms with van der Waals surface area (Å²) in [7, 11) is 0. The van der Waals surface area contributed by atoms with Crippen LogP contribution in [0, 0.1) is 0 Å². The normalized spacial score (nSPS) is 12.0. The van der Waals surface area contributed by atoms with E-state index in [0.29, 0.717) is 5.75 Å². The van der Waals surface area contributed by atoms with Crippen molar-refractivity contribution in [2.75, 3.05) is 5.75 Å². The number of thiazole rings is 1. The summed E-state index contributed by atoms with van der Waals surface area (Å²) in [5, 5.41) is 4.00. The Morgan fingerprint density at radius 2 is 1.96 bits per heavy atom. The van der Waals surface area contributed by atoms with Crippen molar-refractivity contribution in [2.24, 2.45) is 5.10 Å². The summed E-state index contributed by atoms with van der Waals surface area (Å²) >= 11 is 3.02. The summed E-state index contributed by atoms with van der Waals surface area (Å²) < 4.78 is 2.02. The van der Waals surface area contributed by atoms with E-state index < -0.39 is 0 Å². The predicted octanol–water partition coefficient (Wildman–Crippen LogP) is 4.59. The highest BCUT2D eigenvalue weighted by Gasteiger charge is 2.06. The van der Waals surface area contributed by atoms with E-state index in [1.807, 2.05) is 67.6 Å². The minimum absolute atomic E-state index is 0.145. The molecule has 3 rings (SSSR count). The molecule has 0 aliphatic rings. The second-order valence-electron chi connectivity index (χ2n) is 5.33. The Morgan fingerprint density at radius 3 is 2.76 bits per heavy atom. The minimum Gasteiger partial charge on any atom is -0.272 e. The molecule has 0 atom stereocenters. The molecule has 126 valence electrons. The standard InChI is InChI=1S/C19H17N3OS2/c1-14(11-15-7-3-2-4-8-15)12-20-22-18(23)13-24-19-21-16-9-5-6-10-17(16)25-19/h2-12H,13H2,1H3,(H,22,23)/b14-11-,20-12?. The molecule has 2 aromatic carbocycles. The lowest BCUT2D eigenvalue weighted by Crippen LogP contribution is -2.19. The van der Waals surface area contributed by atoms with Gasteiger partial charge in [-0.05, 0) is 30.2 Å². The van der Waals surface area contributed by atoms with E-state index in [0.717, 1.165) is 25.7 Å². The topological polar surface area (TPSA) is 54.4 Å². The largest absolute Gasteiger partial charge is 0.272 e. The van der Waals surface area contributed by atoms with Gasteiger partial charge in [0.05, 0.1) is 22.2 Å². The van der Waals surface area contributed by atoms with Crippen molar-refractivity contribution in [3.05, 3.63) is 65.7 Å². The number of aromatic nitrogens is 1. The van der Waals surface area contributed by atoms with Crippen LogP contribution in [0.2, 0.25) is 0 Å². The summed E-state index contributed by atoms with van der Waals surface area (Å²) in [6.45, 7) is 1.94. The van der Waals surface area contributed by atoms with Gasteiger partial charge in [0, 0.05) is 0 Å². The van der Waals surface area contributed by atoms with Gasteiger partial charge in [-0.15, -0.1) is 11.3 Å². The number of amides is 1. The molecule has 0 aliphatic heterocycles. The summed E-state index contributed by atoms with van der Waals surface area (Å²) in [4.78, 5) is 16.4. The van der Waals surface area contributed by atoms with Crippen molar-refractivity contribution < 1.29 is 4.79 Å². The molecule has 0 aliphatic carbocycles. The molecule has 0 bridgehead atoms. The Balaban J connectivity index is 1.48. The first-order valence-electron chi connectivity index (χ1n) is 7.74. The van der Waals surface area contributed by atoms with Gasteiger partial charge >= 0.3 is 0 Å². The van der Waals surface area contributed by atoms with E-state index in [1.165, 1.54) is 11.8 Å². The zero-order valence-corrected chi connectivity index (χ0v) is 15.3. The molecule has 0 fully saturated rings. The molecule has 25 heavy (non-hydrogen) atoms. The quantitative estimate of drug-likeness (QED) is 0.394. The molecule has 0 radical (unpaired) electrons. The van der Waals surface area contributed by atoms with Crippen LogP contribution < -0.4 is 5.43 Å². The number of carbonyl (C=O) groups excluding carboxylic acids is 1. The van der Waals surface area contributed by atoms with E-state index in [4.69, 9.17) is 0 Å². The number of benzene rings is 2. The van der Waals surface area contributed by atoms with E-state index in [-0.39, 0.29) is 5.91 Å². The predicted molar refractivity (Wildman–Crippen MR) is 107 cm³/mol. The van der Waals surface area contributed by atoms with Crippen molar-refractivity contribution in [2.45, 2.75) is 11.3 Å². The first-order chi connectivity index (χ1) is 12.2. The van der Waals surface area contributed by atoms with Gasteiger partial charge in [0.25, 0.3) is 5.91 Å². The van der Waals surface area contributed by atoms with E-state index in [2.05, 4.69) is 15.5 Å². The zero-order chi connectivity index (χ0) is 17.5. The smallest absolute Gasteiger partial charge is 0.250 e. The van der Waals surface area contributed by atoms with Gasteiger partial charge in [-0.25, -0.2) is 10.4 Å². The number of rotatable bonds is 6. The number of fused-ring (bicyclic) bond motifs is 1. The number of allylic oxidation sites excluding steroid dienone is 1. The van der Waals surface area contributed by atoms with Gasteiger partial charge in [-0.1, -0.05) is 60.3 Å². The highest BCUT2D eigenvalue weighted by Crippen LogP contribution is 2.28. The van der Waals surface area contributed by atoms with Gasteiger partial charge < -0.3 is 0 Å². The van der Waals surface area contributed by atoms with Crippen LogP contribution in [0.15, 0.2) is 69.6 Å². The third-order valence-electron chi connectivity index (χ3n) is 3.25. The van der Waals surface area contributed by atoms with Gasteiger partial charge in [0.1, 0.15) is 0 Å². The number of hydrogen-bond acceptors (Lipinski definition) is 5. The lowest BCUT2D eigenvalue weighted by atomic mass is 10.1. The molecular weight excluding hydrogens is 350 g/mol. The van der Waals surface area contributed by atoms with Crippen molar-refractivity contribution in [1.29, 1.82) is 0 Å². The molecule has 0 saturated heterocycles. The molecule has 1 heterocycles. The molecule has 3 aromatic rings. The molecule has 1 N–H and O–H groups in total. The lowest BCUT2D eigenvalue weighted by molar-refractivity contribution is -0.118. The number of para-hydroxylation sites is 1. The van der Waals surface area contributed by atoms with Crippen LogP contribution in [0.3, 0.4) is 0 Å². The summed E-state index contributed by atoms with van der Waals surface area (Å²) in [6, 6.07) is 17.9. The number of hydrazone groups is 1. The minimum atomic E-state index is -0.145. The van der Waals surface area contributed by atoms with E-state index in [1.54, 1.807) is 17.6 Å². The fraction of sp³-hybridized carbons (Fsp3) is 0.105. The maximum Gasteiger partial charge on any atom is 0.250 e. The fourth-order valence-electron chi connectivity index (χ4n) is 2.13. The number of nitrogens with one attached hydrogen (secondary N) is 1. The highest BCUT2D eigenvalue weighted by atomic mass is 32.2. The summed E-state index contributed by atoms with van der Waals surface area (Å²) in [6.07, 6.45) is 3.65. The second kappa shape index (κ2) is 8.60. The van der Waals surface area contributed by atoms with Crippen molar-refractivity contribution >= 4 is 51.5 Å². The van der Waals surface area contributed by atoms with Gasteiger partial charge in [-0.3, -0.25) is 4.79 Å². The number of hydrogen-bond donors (Lipinski definition) is 1. The van der Waals surface area contributed by atoms with Crippen LogP contribution in [-0.4, -0.2) is 22.9 Å². The average molecular weight is 367 g/mol. The monoisotopic (exact) mass is 367 g/mol. The molecular formula is C19H17N3OS2. The number of thioether (sulfide) groups is 1. The molecule has 0 spiro atoms. The Bertz CT molecular complexity index is 884. The maximum absolute atomic E-state index is 11.9. The molecule has 0 unspecified atom stereocenters. The van der Waals surface area contributed by atoms with Crippen molar-refractivity contribution in [3.8, 4) is 0 Å².